The van der Waals surface area contributed by atoms with Gasteiger partial charge in [-0.2, -0.15) is 0 Å². The van der Waals surface area contributed by atoms with Gasteiger partial charge in [0.05, 0.1) is 43.3 Å². The average molecular weight is 684 g/mol. The minimum Gasteiger partial charge on any atom is -0.480 e. The lowest BCUT2D eigenvalue weighted by molar-refractivity contribution is -0.163. The molecule has 1 aromatic heterocycles. The number of rotatable bonds is 8. The fourth-order valence-corrected chi connectivity index (χ4v) is 10.9. The molecular weight excluding hydrogens is 646 g/mol. The van der Waals surface area contributed by atoms with E-state index in [2.05, 4.69) is 15.6 Å². The molecule has 4 fully saturated rings. The zero-order valence-electron chi connectivity index (χ0n) is 25.8. The lowest BCUT2D eigenvalue weighted by Crippen LogP contribution is -2.63. The van der Waals surface area contributed by atoms with Crippen molar-refractivity contribution in [2.75, 3.05) is 20.6 Å². The number of hydrogen-bond acceptors (Lipinski definition) is 12. The van der Waals surface area contributed by atoms with Crippen LogP contribution in [0.25, 0.3) is 0 Å². The van der Waals surface area contributed by atoms with Crippen LogP contribution in [-0.2, 0) is 40.4 Å². The first-order valence-electron chi connectivity index (χ1n) is 14.6. The Bertz CT molecular complexity index is 1600. The highest BCUT2D eigenvalue weighted by Crippen LogP contribution is 2.52. The van der Waals surface area contributed by atoms with E-state index in [4.69, 9.17) is 0 Å². The summed E-state index contributed by atoms with van der Waals surface area (Å²) in [5.74, 6) is -3.91. The molecule has 0 aliphatic carbocycles. The monoisotopic (exact) mass is 683 g/mol. The molecule has 0 spiro atoms. The standard InChI is InChI=1S/C17H25N3O5S.C10H12N4O5S/c1-7-12-11(8(2)21)16(23)20(12)13(17(24)25)14(7)26-9-5-10(18-6-9)15(22)19(3)4;1-10(5-13-3-2-11-12-13)8(9(16)17)14-6(15)4-7(14)20(10,18)19/h7-12,18,21H,5-6H2,1-4H3,(H,24,25);2-3,7-8H,4-5H2,1H3,(H,16,17)/t7-,8-,9+,10+,11-,12-;7-,8+,10+/m11/s1. The summed E-state index contributed by atoms with van der Waals surface area (Å²) in [6.07, 6.45) is 2.49. The molecule has 5 aliphatic heterocycles. The first-order valence-corrected chi connectivity index (χ1v) is 17.1. The van der Waals surface area contributed by atoms with Gasteiger partial charge in [0, 0.05) is 42.9 Å². The Morgan fingerprint density at radius 2 is 1.91 bits per heavy atom. The number of likely N-dealkylation sites (N-methyl/N-ethyl adjacent to an activating group) is 1. The number of thioether (sulfide) groups is 1. The Labute approximate surface area is 268 Å². The van der Waals surface area contributed by atoms with Crippen LogP contribution in [0.2, 0.25) is 0 Å². The fraction of sp³-hybridized carbons (Fsp3) is 0.667. The molecule has 6 rings (SSSR count). The molecule has 0 aromatic carbocycles. The highest BCUT2D eigenvalue weighted by atomic mass is 32.2. The minimum atomic E-state index is -3.80. The Morgan fingerprint density at radius 3 is 2.43 bits per heavy atom. The fourth-order valence-electron chi connectivity index (χ4n) is 7.08. The van der Waals surface area contributed by atoms with Crippen LogP contribution in [-0.4, -0.2) is 143 Å². The van der Waals surface area contributed by atoms with Crippen LogP contribution in [0.15, 0.2) is 23.0 Å². The number of fused-ring (bicyclic) bond motifs is 2. The highest BCUT2D eigenvalue weighted by Gasteiger charge is 2.70. The number of nitrogens with zero attached hydrogens (tertiary/aromatic N) is 6. The van der Waals surface area contributed by atoms with Crippen LogP contribution >= 0.6 is 11.8 Å². The van der Waals surface area contributed by atoms with Gasteiger partial charge in [-0.3, -0.25) is 19.1 Å². The summed E-state index contributed by atoms with van der Waals surface area (Å²) in [6.45, 7) is 5.26. The molecule has 1 aromatic rings. The zero-order valence-corrected chi connectivity index (χ0v) is 27.4. The van der Waals surface area contributed by atoms with Crippen LogP contribution in [0.4, 0.5) is 0 Å². The number of carbonyl (C=O) groups excluding carboxylic acids is 3. The van der Waals surface area contributed by atoms with Crippen molar-refractivity contribution in [3.05, 3.63) is 23.0 Å². The lowest BCUT2D eigenvalue weighted by atomic mass is 9.79. The lowest BCUT2D eigenvalue weighted by Gasteiger charge is -2.46. The molecule has 252 valence electrons. The molecule has 0 saturated carbocycles. The molecule has 17 nitrogen and oxygen atoms in total. The number of hydrogen-bond donors (Lipinski definition) is 4. The second kappa shape index (κ2) is 11.9. The average Bonchev–Trinajstić information content (AvgIpc) is 3.71. The Morgan fingerprint density at radius 1 is 1.24 bits per heavy atom. The topological polar surface area (TPSA) is 233 Å². The summed E-state index contributed by atoms with van der Waals surface area (Å²) < 4.78 is 24.7. The second-order valence-electron chi connectivity index (χ2n) is 12.6. The number of carboxylic acid groups (broad SMARTS) is 2. The molecule has 0 bridgehead atoms. The highest BCUT2D eigenvalue weighted by molar-refractivity contribution is 8.03. The first kappa shape index (κ1) is 33.8. The van der Waals surface area contributed by atoms with Crippen molar-refractivity contribution >= 4 is 51.3 Å². The second-order valence-corrected chi connectivity index (χ2v) is 16.5. The molecule has 6 heterocycles. The van der Waals surface area contributed by atoms with Crippen LogP contribution in [0.3, 0.4) is 0 Å². The molecule has 0 unspecified atom stereocenters. The van der Waals surface area contributed by atoms with E-state index >= 15 is 0 Å². The van der Waals surface area contributed by atoms with Crippen LogP contribution in [0, 0.1) is 11.8 Å². The smallest absolute Gasteiger partial charge is 0.353 e. The molecule has 5 aliphatic rings. The number of carbonyl (C=O) groups is 5. The van der Waals surface area contributed by atoms with E-state index in [0.717, 1.165) is 4.90 Å². The normalized spacial score (nSPS) is 34.6. The number of aromatic nitrogens is 3. The number of aliphatic hydroxyl groups excluding tert-OH is 1. The zero-order chi connectivity index (χ0) is 34.0. The van der Waals surface area contributed by atoms with Gasteiger partial charge in [-0.1, -0.05) is 12.1 Å². The summed E-state index contributed by atoms with van der Waals surface area (Å²) in [5.41, 5.74) is 0.0387. The van der Waals surface area contributed by atoms with E-state index in [9.17, 15) is 47.7 Å². The van der Waals surface area contributed by atoms with E-state index in [1.165, 1.54) is 40.7 Å². The molecule has 4 saturated heterocycles. The third kappa shape index (κ3) is 5.16. The summed E-state index contributed by atoms with van der Waals surface area (Å²) in [5, 5.41) is 38.3. The maximum atomic E-state index is 12.5. The van der Waals surface area contributed by atoms with Gasteiger partial charge >= 0.3 is 11.9 Å². The van der Waals surface area contributed by atoms with Crippen molar-refractivity contribution in [3.8, 4) is 0 Å². The van der Waals surface area contributed by atoms with Gasteiger partial charge in [-0.15, -0.1) is 16.9 Å². The molecule has 9 atom stereocenters. The summed E-state index contributed by atoms with van der Waals surface area (Å²) in [4.78, 5) is 63.8. The molecule has 0 radical (unpaired) electrons. The van der Waals surface area contributed by atoms with Crippen LogP contribution in [0.1, 0.15) is 33.6 Å². The van der Waals surface area contributed by atoms with E-state index < -0.39 is 55.9 Å². The number of carboxylic acids is 2. The van der Waals surface area contributed by atoms with Crippen molar-refractivity contribution < 1.29 is 47.7 Å². The molecule has 46 heavy (non-hydrogen) atoms. The Balaban J connectivity index is 0.000000187. The Hall–Kier alpha value is -3.55. The predicted octanol–water partition coefficient (Wildman–Crippen LogP) is -1.83. The van der Waals surface area contributed by atoms with Gasteiger partial charge in [0.2, 0.25) is 17.7 Å². The van der Waals surface area contributed by atoms with Crippen molar-refractivity contribution in [3.63, 3.8) is 0 Å². The molecule has 3 amide bonds. The maximum absolute atomic E-state index is 12.5. The van der Waals surface area contributed by atoms with Gasteiger partial charge in [0.1, 0.15) is 15.8 Å². The number of amides is 3. The maximum Gasteiger partial charge on any atom is 0.353 e. The van der Waals surface area contributed by atoms with Crippen molar-refractivity contribution in [1.29, 1.82) is 0 Å². The summed E-state index contributed by atoms with van der Waals surface area (Å²) in [6, 6.07) is -1.97. The van der Waals surface area contributed by atoms with Gasteiger partial charge in [0.25, 0.3) is 0 Å². The number of sulfone groups is 1. The first-order chi connectivity index (χ1) is 21.4. The van der Waals surface area contributed by atoms with Crippen molar-refractivity contribution in [2.45, 2.75) is 79.8 Å². The number of nitrogens with one attached hydrogen (secondary N) is 1. The van der Waals surface area contributed by atoms with Gasteiger partial charge in [-0.05, 0) is 20.3 Å². The van der Waals surface area contributed by atoms with Crippen LogP contribution < -0.4 is 5.32 Å². The van der Waals surface area contributed by atoms with Crippen molar-refractivity contribution in [1.82, 2.24) is 35.0 Å². The summed E-state index contributed by atoms with van der Waals surface area (Å²) in [7, 11) is -0.376. The number of aliphatic carboxylic acids is 2. The SMILES string of the molecule is C[C@@H](O)[C@H]1C(=O)N2C(C(=O)O)=C(S[C@@H]3CN[C@H](C(=O)N(C)C)C3)[C@H](C)[C@H]12.C[C@]1(Cn2ccnn2)[C@H](C(=O)O)N2C(=O)C[C@H]2S1(=O)=O. The Kier molecular flexibility index (Phi) is 8.75. The number of aliphatic hydroxyl groups is 1. The van der Waals surface area contributed by atoms with Gasteiger partial charge in [0.15, 0.2) is 15.9 Å². The van der Waals surface area contributed by atoms with E-state index in [1.54, 1.807) is 25.9 Å². The van der Waals surface area contributed by atoms with Crippen molar-refractivity contribution in [2.24, 2.45) is 11.8 Å². The van der Waals surface area contributed by atoms with Crippen LogP contribution in [0.5, 0.6) is 0 Å². The quantitative estimate of drug-likeness (QED) is 0.221. The largest absolute Gasteiger partial charge is 0.480 e. The van der Waals surface area contributed by atoms with E-state index in [1.807, 2.05) is 6.92 Å². The van der Waals surface area contributed by atoms with Gasteiger partial charge in [-0.25, -0.2) is 18.0 Å². The predicted molar refractivity (Wildman–Crippen MR) is 160 cm³/mol. The van der Waals surface area contributed by atoms with E-state index in [0.29, 0.717) is 17.9 Å². The third-order valence-electron chi connectivity index (χ3n) is 9.43. The summed E-state index contributed by atoms with van der Waals surface area (Å²) >= 11 is 1.45. The van der Waals surface area contributed by atoms with E-state index in [-0.39, 0.29) is 53.7 Å². The number of β-lactam (4-membered cyclic amide) rings is 2. The molecule has 19 heteroatoms. The van der Waals surface area contributed by atoms with Gasteiger partial charge < -0.3 is 35.3 Å². The minimum absolute atomic E-state index is 0.00757. The molecule has 4 N–H and O–H groups in total. The third-order valence-corrected chi connectivity index (χ3v) is 13.7. The molecular formula is C27H37N7O10S2.